The molecule has 0 aliphatic rings. The van der Waals surface area contributed by atoms with Crippen LogP contribution in [0.4, 0.5) is 5.69 Å². The molecule has 0 bridgehead atoms. The van der Waals surface area contributed by atoms with E-state index in [0.717, 1.165) is 19.4 Å². The van der Waals surface area contributed by atoms with Crippen molar-refractivity contribution in [2.45, 2.75) is 47.1 Å². The van der Waals surface area contributed by atoms with Crippen LogP contribution in [0.15, 0.2) is 12.3 Å². The second-order valence-corrected chi connectivity index (χ2v) is 5.55. The maximum absolute atomic E-state index is 12.1. The smallest absolute Gasteiger partial charge is 0.268 e. The molecule has 0 atom stereocenters. The molecule has 4 nitrogen and oxygen atoms in total. The van der Waals surface area contributed by atoms with Crippen molar-refractivity contribution in [1.82, 2.24) is 9.88 Å². The van der Waals surface area contributed by atoms with Crippen molar-refractivity contribution in [3.05, 3.63) is 18.0 Å². The number of anilines is 1. The van der Waals surface area contributed by atoms with Crippen LogP contribution >= 0.6 is 0 Å². The van der Waals surface area contributed by atoms with Gasteiger partial charge >= 0.3 is 0 Å². The van der Waals surface area contributed by atoms with E-state index < -0.39 is 0 Å². The topological polar surface area (TPSA) is 60.0 Å². The Bertz CT molecular complexity index is 407. The fourth-order valence-electron chi connectivity index (χ4n) is 1.68. The molecule has 0 aliphatic carbocycles. The van der Waals surface area contributed by atoms with E-state index in [1.165, 1.54) is 0 Å². The predicted molar refractivity (Wildman–Crippen MR) is 75.5 cm³/mol. The Labute approximate surface area is 110 Å². The Morgan fingerprint density at radius 1 is 1.44 bits per heavy atom. The zero-order valence-electron chi connectivity index (χ0n) is 11.9. The Kier molecular flexibility index (Phi) is 4.82. The van der Waals surface area contributed by atoms with E-state index in [4.69, 9.17) is 5.73 Å². The Balaban J connectivity index is 2.72. The minimum Gasteiger partial charge on any atom is -0.397 e. The van der Waals surface area contributed by atoms with Gasteiger partial charge in [0.2, 0.25) is 0 Å². The van der Waals surface area contributed by atoms with Crippen LogP contribution in [0, 0.1) is 5.41 Å². The van der Waals surface area contributed by atoms with Crippen molar-refractivity contribution < 1.29 is 4.79 Å². The highest BCUT2D eigenvalue weighted by atomic mass is 16.1. The summed E-state index contributed by atoms with van der Waals surface area (Å²) in [5.74, 6) is -0.0401. The van der Waals surface area contributed by atoms with Crippen LogP contribution < -0.4 is 11.1 Å². The number of carbonyl (C=O) groups excluding carboxylic acids is 1. The molecule has 0 radical (unpaired) electrons. The zero-order valence-corrected chi connectivity index (χ0v) is 11.9. The van der Waals surface area contributed by atoms with Gasteiger partial charge in [-0.25, -0.2) is 0 Å². The number of carbonyl (C=O) groups is 1. The van der Waals surface area contributed by atoms with Crippen molar-refractivity contribution in [2.75, 3.05) is 12.3 Å². The van der Waals surface area contributed by atoms with Gasteiger partial charge in [0.15, 0.2) is 0 Å². The lowest BCUT2D eigenvalue weighted by molar-refractivity contribution is 0.0926. The first-order chi connectivity index (χ1) is 8.39. The minimum atomic E-state index is -0.0401. The fourth-order valence-corrected chi connectivity index (χ4v) is 1.68. The summed E-state index contributed by atoms with van der Waals surface area (Å²) in [6.07, 6.45) is 3.84. The van der Waals surface area contributed by atoms with Crippen LogP contribution in [-0.2, 0) is 6.54 Å². The number of rotatable bonds is 6. The molecule has 1 heterocycles. The summed E-state index contributed by atoms with van der Waals surface area (Å²) >= 11 is 0. The van der Waals surface area contributed by atoms with Gasteiger partial charge in [-0.3, -0.25) is 4.79 Å². The van der Waals surface area contributed by atoms with E-state index in [9.17, 15) is 4.79 Å². The van der Waals surface area contributed by atoms with Gasteiger partial charge in [0.1, 0.15) is 5.69 Å². The average molecular weight is 251 g/mol. The van der Waals surface area contributed by atoms with Crippen LogP contribution in [0.3, 0.4) is 0 Å². The van der Waals surface area contributed by atoms with E-state index >= 15 is 0 Å². The van der Waals surface area contributed by atoms with Gasteiger partial charge in [-0.05, 0) is 24.3 Å². The molecule has 4 heteroatoms. The van der Waals surface area contributed by atoms with E-state index in [2.05, 4.69) is 33.0 Å². The molecule has 0 unspecified atom stereocenters. The maximum atomic E-state index is 12.1. The van der Waals surface area contributed by atoms with Crippen LogP contribution in [-0.4, -0.2) is 17.0 Å². The van der Waals surface area contributed by atoms with Gasteiger partial charge in [-0.15, -0.1) is 0 Å². The molecule has 1 aromatic heterocycles. The van der Waals surface area contributed by atoms with Gasteiger partial charge in [-0.1, -0.05) is 27.7 Å². The summed E-state index contributed by atoms with van der Waals surface area (Å²) in [7, 11) is 0. The van der Waals surface area contributed by atoms with E-state index in [-0.39, 0.29) is 11.3 Å². The number of nitrogens with one attached hydrogen (secondary N) is 1. The number of nitrogens with two attached hydrogens (primary N) is 1. The first-order valence-electron chi connectivity index (χ1n) is 6.63. The normalized spacial score (nSPS) is 11.6. The lowest BCUT2D eigenvalue weighted by Gasteiger charge is -2.23. The van der Waals surface area contributed by atoms with Gasteiger partial charge in [0.25, 0.3) is 5.91 Å². The molecule has 1 rings (SSSR count). The molecule has 3 N–H and O–H groups in total. The molecule has 0 aliphatic heterocycles. The van der Waals surface area contributed by atoms with Crippen molar-refractivity contribution >= 4 is 11.6 Å². The maximum Gasteiger partial charge on any atom is 0.268 e. The monoisotopic (exact) mass is 251 g/mol. The quantitative estimate of drug-likeness (QED) is 0.816. The number of amides is 1. The van der Waals surface area contributed by atoms with Crippen molar-refractivity contribution in [2.24, 2.45) is 5.41 Å². The van der Waals surface area contributed by atoms with Gasteiger partial charge < -0.3 is 15.6 Å². The lowest BCUT2D eigenvalue weighted by Crippen LogP contribution is -2.34. The first kappa shape index (κ1) is 14.6. The summed E-state index contributed by atoms with van der Waals surface area (Å²) in [5, 5.41) is 2.99. The summed E-state index contributed by atoms with van der Waals surface area (Å²) < 4.78 is 1.92. The Morgan fingerprint density at radius 2 is 2.11 bits per heavy atom. The Morgan fingerprint density at radius 3 is 2.67 bits per heavy atom. The second kappa shape index (κ2) is 5.94. The summed E-state index contributed by atoms with van der Waals surface area (Å²) in [6, 6.07) is 1.74. The first-order valence-corrected chi connectivity index (χ1v) is 6.63. The number of aryl methyl sites for hydroxylation is 1. The third kappa shape index (κ3) is 3.79. The van der Waals surface area contributed by atoms with E-state index in [1.807, 2.05) is 10.8 Å². The number of aromatic nitrogens is 1. The molecule has 1 amide bonds. The molecular weight excluding hydrogens is 226 g/mol. The molecule has 0 fully saturated rings. The highest BCUT2D eigenvalue weighted by Crippen LogP contribution is 2.18. The SMILES string of the molecule is CCCn1cc(N)cc1C(=O)NCC(C)(C)CC. The molecule has 0 spiro atoms. The van der Waals surface area contributed by atoms with Gasteiger partial charge in [0, 0.05) is 19.3 Å². The second-order valence-electron chi connectivity index (χ2n) is 5.55. The van der Waals surface area contributed by atoms with Crippen molar-refractivity contribution in [1.29, 1.82) is 0 Å². The number of hydrogen-bond donors (Lipinski definition) is 2. The summed E-state index contributed by atoms with van der Waals surface area (Å²) in [5.41, 5.74) is 7.18. The number of nitrogen functional groups attached to an aromatic ring is 1. The Hall–Kier alpha value is -1.45. The van der Waals surface area contributed by atoms with Crippen LogP contribution in [0.1, 0.15) is 51.0 Å². The van der Waals surface area contributed by atoms with Crippen LogP contribution in [0.25, 0.3) is 0 Å². The molecule has 0 saturated heterocycles. The van der Waals surface area contributed by atoms with Crippen LogP contribution in [0.2, 0.25) is 0 Å². The van der Waals surface area contributed by atoms with Crippen molar-refractivity contribution in [3.63, 3.8) is 0 Å². The summed E-state index contributed by atoms with van der Waals surface area (Å²) in [4.78, 5) is 12.1. The summed E-state index contributed by atoms with van der Waals surface area (Å²) in [6.45, 7) is 10.00. The largest absolute Gasteiger partial charge is 0.397 e. The minimum absolute atomic E-state index is 0.0401. The van der Waals surface area contributed by atoms with Gasteiger partial charge in [0.05, 0.1) is 5.69 Å². The van der Waals surface area contributed by atoms with Crippen LogP contribution in [0.5, 0.6) is 0 Å². The molecule has 0 saturated carbocycles. The predicted octanol–water partition coefficient (Wildman–Crippen LogP) is 2.65. The standard InChI is InChI=1S/C14H25N3O/c1-5-7-17-9-11(15)8-12(17)13(18)16-10-14(3,4)6-2/h8-9H,5-7,10,15H2,1-4H3,(H,16,18). The highest BCUT2D eigenvalue weighted by molar-refractivity contribution is 5.93. The third-order valence-corrected chi connectivity index (χ3v) is 3.30. The molecule has 0 aromatic carbocycles. The molecule has 18 heavy (non-hydrogen) atoms. The zero-order chi connectivity index (χ0) is 13.8. The number of hydrogen-bond acceptors (Lipinski definition) is 2. The lowest BCUT2D eigenvalue weighted by atomic mass is 9.90. The van der Waals surface area contributed by atoms with E-state index in [0.29, 0.717) is 17.9 Å². The fraction of sp³-hybridized carbons (Fsp3) is 0.643. The highest BCUT2D eigenvalue weighted by Gasteiger charge is 2.18. The number of nitrogens with zero attached hydrogens (tertiary/aromatic N) is 1. The molecular formula is C14H25N3O. The molecule has 1 aromatic rings. The van der Waals surface area contributed by atoms with Gasteiger partial charge in [-0.2, -0.15) is 0 Å². The average Bonchev–Trinajstić information content (AvgIpc) is 2.68. The van der Waals surface area contributed by atoms with Crippen molar-refractivity contribution in [3.8, 4) is 0 Å². The van der Waals surface area contributed by atoms with E-state index in [1.54, 1.807) is 6.07 Å². The third-order valence-electron chi connectivity index (χ3n) is 3.30. The molecule has 102 valence electrons.